The lowest BCUT2D eigenvalue weighted by molar-refractivity contribution is -0.141. The lowest BCUT2D eigenvalue weighted by Crippen LogP contribution is -2.19. The third-order valence-electron chi connectivity index (χ3n) is 2.18. The number of alkyl carbamates (subject to hydrolysis) is 1. The summed E-state index contributed by atoms with van der Waals surface area (Å²) in [4.78, 5) is 21.6. The number of benzene rings is 1. The number of amides is 1. The van der Waals surface area contributed by atoms with E-state index in [9.17, 15) is 22.8 Å². The van der Waals surface area contributed by atoms with Crippen LogP contribution in [-0.4, -0.2) is 19.1 Å². The molecule has 20 heavy (non-hydrogen) atoms. The number of halogens is 3. The van der Waals surface area contributed by atoms with Crippen LogP contribution in [-0.2, 0) is 22.3 Å². The van der Waals surface area contributed by atoms with Gasteiger partial charge in [-0.1, -0.05) is 6.07 Å². The standard InChI is InChI=1S/C12H12F3NO4/c1-7(17)20-10-4-3-8(6-19-11(18)16-2)5-9(10)12(13,14)15/h3-5H,6H2,1-2H3,(H,16,18). The van der Waals surface area contributed by atoms with Gasteiger partial charge in [-0.15, -0.1) is 0 Å². The summed E-state index contributed by atoms with van der Waals surface area (Å²) in [6.07, 6.45) is -5.45. The highest BCUT2D eigenvalue weighted by Crippen LogP contribution is 2.37. The highest BCUT2D eigenvalue weighted by atomic mass is 19.4. The predicted octanol–water partition coefficient (Wildman–Crippen LogP) is 2.49. The summed E-state index contributed by atoms with van der Waals surface area (Å²) >= 11 is 0. The van der Waals surface area contributed by atoms with Gasteiger partial charge in [0.15, 0.2) is 0 Å². The van der Waals surface area contributed by atoms with E-state index in [1.807, 2.05) is 0 Å². The number of carbonyl (C=O) groups is 2. The number of carbonyl (C=O) groups excluding carboxylic acids is 2. The molecular formula is C12H12F3NO4. The molecule has 1 aromatic rings. The van der Waals surface area contributed by atoms with Gasteiger partial charge in [-0.05, 0) is 17.7 Å². The molecule has 0 atom stereocenters. The number of rotatable bonds is 3. The van der Waals surface area contributed by atoms with Gasteiger partial charge >= 0.3 is 18.2 Å². The van der Waals surface area contributed by atoms with Crippen LogP contribution in [0.5, 0.6) is 5.75 Å². The second-order valence-corrected chi connectivity index (χ2v) is 3.75. The Bertz CT molecular complexity index is 514. The first-order valence-corrected chi connectivity index (χ1v) is 5.47. The van der Waals surface area contributed by atoms with Crippen LogP contribution in [0.25, 0.3) is 0 Å². The zero-order valence-electron chi connectivity index (χ0n) is 10.7. The van der Waals surface area contributed by atoms with Gasteiger partial charge in [0, 0.05) is 14.0 Å². The molecular weight excluding hydrogens is 279 g/mol. The van der Waals surface area contributed by atoms with E-state index in [4.69, 9.17) is 0 Å². The van der Waals surface area contributed by atoms with E-state index in [-0.39, 0.29) is 12.2 Å². The van der Waals surface area contributed by atoms with Crippen molar-refractivity contribution in [2.24, 2.45) is 0 Å². The van der Waals surface area contributed by atoms with E-state index in [1.54, 1.807) is 0 Å². The Morgan fingerprint density at radius 1 is 1.30 bits per heavy atom. The molecule has 1 rings (SSSR count). The van der Waals surface area contributed by atoms with Crippen molar-refractivity contribution >= 4 is 12.1 Å². The molecule has 1 amide bonds. The summed E-state index contributed by atoms with van der Waals surface area (Å²) < 4.78 is 47.6. The Morgan fingerprint density at radius 3 is 2.45 bits per heavy atom. The van der Waals surface area contributed by atoms with Crippen molar-refractivity contribution in [2.45, 2.75) is 19.7 Å². The lowest BCUT2D eigenvalue weighted by atomic mass is 10.1. The quantitative estimate of drug-likeness (QED) is 0.686. The Balaban J connectivity index is 3.02. The fourth-order valence-electron chi connectivity index (χ4n) is 1.35. The summed E-state index contributed by atoms with van der Waals surface area (Å²) in [7, 11) is 1.33. The molecule has 0 heterocycles. The lowest BCUT2D eigenvalue weighted by Gasteiger charge is -2.13. The van der Waals surface area contributed by atoms with Crippen LogP contribution in [0.15, 0.2) is 18.2 Å². The topological polar surface area (TPSA) is 64.6 Å². The maximum absolute atomic E-state index is 12.8. The van der Waals surface area contributed by atoms with Crippen LogP contribution in [0.1, 0.15) is 18.1 Å². The monoisotopic (exact) mass is 291 g/mol. The molecule has 0 aliphatic heterocycles. The van der Waals surface area contributed by atoms with Crippen molar-refractivity contribution in [3.05, 3.63) is 29.3 Å². The molecule has 0 radical (unpaired) electrons. The average molecular weight is 291 g/mol. The van der Waals surface area contributed by atoms with Crippen molar-refractivity contribution in [3.63, 3.8) is 0 Å². The number of hydrogen-bond acceptors (Lipinski definition) is 4. The molecule has 0 unspecified atom stereocenters. The zero-order chi connectivity index (χ0) is 15.3. The molecule has 5 nitrogen and oxygen atoms in total. The molecule has 0 saturated heterocycles. The molecule has 1 N–H and O–H groups in total. The molecule has 0 aliphatic carbocycles. The zero-order valence-corrected chi connectivity index (χ0v) is 10.7. The van der Waals surface area contributed by atoms with Gasteiger partial charge in [-0.25, -0.2) is 4.79 Å². The van der Waals surface area contributed by atoms with Crippen LogP contribution in [0, 0.1) is 0 Å². The number of hydrogen-bond donors (Lipinski definition) is 1. The summed E-state index contributed by atoms with van der Waals surface area (Å²) in [6.45, 7) is 0.672. The number of alkyl halides is 3. The molecule has 0 aliphatic rings. The first-order valence-electron chi connectivity index (χ1n) is 5.47. The fraction of sp³-hybridized carbons (Fsp3) is 0.333. The minimum absolute atomic E-state index is 0.122. The summed E-state index contributed by atoms with van der Waals surface area (Å²) in [5.74, 6) is -1.45. The molecule has 8 heteroatoms. The van der Waals surface area contributed by atoms with Gasteiger partial charge in [-0.3, -0.25) is 4.79 Å². The smallest absolute Gasteiger partial charge is 0.419 e. The number of nitrogens with one attached hydrogen (secondary N) is 1. The second-order valence-electron chi connectivity index (χ2n) is 3.75. The molecule has 110 valence electrons. The average Bonchev–Trinajstić information content (AvgIpc) is 2.35. The van der Waals surface area contributed by atoms with E-state index in [2.05, 4.69) is 14.8 Å². The van der Waals surface area contributed by atoms with Gasteiger partial charge in [0.1, 0.15) is 12.4 Å². The van der Waals surface area contributed by atoms with E-state index in [0.717, 1.165) is 19.1 Å². The van der Waals surface area contributed by atoms with Gasteiger partial charge in [0.05, 0.1) is 5.56 Å². The minimum Gasteiger partial charge on any atom is -0.445 e. The maximum atomic E-state index is 12.8. The molecule has 0 spiro atoms. The summed E-state index contributed by atoms with van der Waals surface area (Å²) in [5, 5.41) is 2.16. The highest BCUT2D eigenvalue weighted by Gasteiger charge is 2.35. The van der Waals surface area contributed by atoms with E-state index in [0.29, 0.717) is 0 Å². The van der Waals surface area contributed by atoms with Crippen LogP contribution in [0.3, 0.4) is 0 Å². The first kappa shape index (κ1) is 15.8. The Kier molecular flexibility index (Phi) is 4.95. The third-order valence-corrected chi connectivity index (χ3v) is 2.18. The minimum atomic E-state index is -4.69. The molecule has 0 aromatic heterocycles. The first-order chi connectivity index (χ1) is 9.24. The van der Waals surface area contributed by atoms with Crippen LogP contribution >= 0.6 is 0 Å². The van der Waals surface area contributed by atoms with Gasteiger partial charge < -0.3 is 14.8 Å². The largest absolute Gasteiger partial charge is 0.445 e. The van der Waals surface area contributed by atoms with Gasteiger partial charge in [0.25, 0.3) is 0 Å². The van der Waals surface area contributed by atoms with Crippen LogP contribution in [0.4, 0.5) is 18.0 Å². The highest BCUT2D eigenvalue weighted by molar-refractivity contribution is 5.70. The number of esters is 1. The third kappa shape index (κ3) is 4.45. The van der Waals surface area contributed by atoms with Crippen LogP contribution < -0.4 is 10.1 Å². The SMILES string of the molecule is CNC(=O)OCc1ccc(OC(C)=O)c(C(F)(F)F)c1. The van der Waals surface area contributed by atoms with Crippen molar-refractivity contribution in [3.8, 4) is 5.75 Å². The van der Waals surface area contributed by atoms with E-state index >= 15 is 0 Å². The molecule has 0 bridgehead atoms. The summed E-state index contributed by atoms with van der Waals surface area (Å²) in [6, 6.07) is 3.05. The molecule has 0 saturated carbocycles. The molecule has 0 fully saturated rings. The van der Waals surface area contributed by atoms with Crippen LogP contribution in [0.2, 0.25) is 0 Å². The second kappa shape index (κ2) is 6.27. The predicted molar refractivity (Wildman–Crippen MR) is 62.0 cm³/mol. The Morgan fingerprint density at radius 2 is 1.95 bits per heavy atom. The maximum Gasteiger partial charge on any atom is 0.419 e. The molecule has 1 aromatic carbocycles. The Hall–Kier alpha value is -2.25. The van der Waals surface area contributed by atoms with Crippen molar-refractivity contribution < 1.29 is 32.2 Å². The van der Waals surface area contributed by atoms with Crippen molar-refractivity contribution in [1.82, 2.24) is 5.32 Å². The van der Waals surface area contributed by atoms with E-state index in [1.165, 1.54) is 13.1 Å². The van der Waals surface area contributed by atoms with Crippen molar-refractivity contribution in [2.75, 3.05) is 7.05 Å². The van der Waals surface area contributed by atoms with Crippen molar-refractivity contribution in [1.29, 1.82) is 0 Å². The van der Waals surface area contributed by atoms with Gasteiger partial charge in [-0.2, -0.15) is 13.2 Å². The normalized spacial score (nSPS) is 10.8. The number of ether oxygens (including phenoxy) is 2. The van der Waals surface area contributed by atoms with E-state index < -0.39 is 29.6 Å². The fourth-order valence-corrected chi connectivity index (χ4v) is 1.35. The Labute approximate surface area is 112 Å². The summed E-state index contributed by atoms with van der Waals surface area (Å²) in [5.41, 5.74) is -0.984. The van der Waals surface area contributed by atoms with Gasteiger partial charge in [0.2, 0.25) is 0 Å².